The van der Waals surface area contributed by atoms with E-state index in [4.69, 9.17) is 26.2 Å². The van der Waals surface area contributed by atoms with E-state index in [1.54, 1.807) is 19.2 Å². The van der Waals surface area contributed by atoms with E-state index in [-0.39, 0.29) is 24.5 Å². The Labute approximate surface area is 183 Å². The van der Waals surface area contributed by atoms with Crippen molar-refractivity contribution in [3.63, 3.8) is 0 Å². The van der Waals surface area contributed by atoms with Crippen LogP contribution in [0.4, 0.5) is 0 Å². The maximum absolute atomic E-state index is 13.2. The van der Waals surface area contributed by atoms with E-state index in [1.807, 2.05) is 54.4 Å². The van der Waals surface area contributed by atoms with Gasteiger partial charge >= 0.3 is 0 Å². The van der Waals surface area contributed by atoms with Crippen LogP contribution < -0.4 is 9.47 Å². The summed E-state index contributed by atoms with van der Waals surface area (Å²) in [4.78, 5) is 15.2. The number of nitrogens with zero attached hydrogens (tertiary/aromatic N) is 3. The Morgan fingerprint density at radius 1 is 1.23 bits per heavy atom. The molecule has 0 aromatic heterocycles. The Bertz CT molecular complexity index is 945. The minimum Gasteiger partial charge on any atom is -0.497 e. The molecule has 1 aliphatic heterocycles. The van der Waals surface area contributed by atoms with Gasteiger partial charge in [-0.1, -0.05) is 29.8 Å². The van der Waals surface area contributed by atoms with Gasteiger partial charge in [-0.25, -0.2) is 5.01 Å². The number of benzene rings is 2. The minimum atomic E-state index is -0.311. The second-order valence-electron chi connectivity index (χ2n) is 7.60. The highest BCUT2D eigenvalue weighted by Crippen LogP contribution is 2.40. The van der Waals surface area contributed by atoms with Crippen LogP contribution in [0.15, 0.2) is 47.6 Å². The molecule has 2 aromatic carbocycles. The number of likely N-dealkylation sites (N-methyl/N-ethyl adjacent to an activating group) is 1. The third-order valence-electron chi connectivity index (χ3n) is 5.41. The van der Waals surface area contributed by atoms with Crippen LogP contribution in [0.2, 0.25) is 5.02 Å². The van der Waals surface area contributed by atoms with Gasteiger partial charge in [0.05, 0.1) is 32.5 Å². The molecule has 7 heteroatoms. The van der Waals surface area contributed by atoms with Gasteiger partial charge in [0.15, 0.2) is 0 Å². The molecule has 1 amide bonds. The predicted octanol–water partition coefficient (Wildman–Crippen LogP) is 4.38. The van der Waals surface area contributed by atoms with Gasteiger partial charge in [-0.05, 0) is 45.2 Å². The van der Waals surface area contributed by atoms with Crippen molar-refractivity contribution >= 4 is 23.2 Å². The number of methoxy groups -OCH3 is 2. The normalized spacial score (nSPS) is 16.2. The smallest absolute Gasteiger partial charge is 0.257 e. The summed E-state index contributed by atoms with van der Waals surface area (Å²) in [5, 5.41) is 6.89. The molecule has 1 atom stereocenters. The van der Waals surface area contributed by atoms with Crippen molar-refractivity contribution in [1.29, 1.82) is 0 Å². The van der Waals surface area contributed by atoms with Gasteiger partial charge in [0.25, 0.3) is 5.91 Å². The molecule has 30 heavy (non-hydrogen) atoms. The van der Waals surface area contributed by atoms with E-state index in [0.29, 0.717) is 22.9 Å². The van der Waals surface area contributed by atoms with Gasteiger partial charge in [-0.2, -0.15) is 5.10 Å². The Kier molecular flexibility index (Phi) is 7.00. The molecular weight excluding hydrogens is 402 g/mol. The average Bonchev–Trinajstić information content (AvgIpc) is 3.18. The van der Waals surface area contributed by atoms with Crippen LogP contribution in [-0.4, -0.2) is 55.4 Å². The van der Waals surface area contributed by atoms with Crippen molar-refractivity contribution in [3.8, 4) is 11.5 Å². The van der Waals surface area contributed by atoms with Crippen LogP contribution in [0, 0.1) is 0 Å². The number of amides is 1. The number of halogens is 1. The van der Waals surface area contributed by atoms with Crippen molar-refractivity contribution in [2.45, 2.75) is 32.4 Å². The molecule has 2 aromatic rings. The van der Waals surface area contributed by atoms with Gasteiger partial charge in [-0.3, -0.25) is 9.69 Å². The highest BCUT2D eigenvalue weighted by Gasteiger charge is 2.36. The van der Waals surface area contributed by atoms with E-state index in [9.17, 15) is 4.79 Å². The second kappa shape index (κ2) is 9.49. The van der Waals surface area contributed by atoms with Crippen LogP contribution in [0.1, 0.15) is 37.4 Å². The molecule has 0 radical (unpaired) electrons. The topological polar surface area (TPSA) is 54.4 Å². The van der Waals surface area contributed by atoms with Gasteiger partial charge in [0.1, 0.15) is 11.5 Å². The number of carbonyl (C=O) groups excluding carboxylic acids is 1. The van der Waals surface area contributed by atoms with Crippen LogP contribution in [-0.2, 0) is 4.79 Å². The number of ether oxygens (including phenoxy) is 2. The second-order valence-corrected chi connectivity index (χ2v) is 8.01. The van der Waals surface area contributed by atoms with Crippen molar-refractivity contribution in [2.75, 3.05) is 27.8 Å². The van der Waals surface area contributed by atoms with E-state index in [2.05, 4.69) is 13.8 Å². The first kappa shape index (κ1) is 22.1. The quantitative estimate of drug-likeness (QED) is 0.655. The molecule has 1 heterocycles. The van der Waals surface area contributed by atoms with Gasteiger partial charge in [0.2, 0.25) is 0 Å². The first-order valence-corrected chi connectivity index (χ1v) is 10.3. The Hall–Kier alpha value is -2.57. The Morgan fingerprint density at radius 3 is 2.60 bits per heavy atom. The van der Waals surface area contributed by atoms with Gasteiger partial charge < -0.3 is 9.47 Å². The third kappa shape index (κ3) is 4.60. The lowest BCUT2D eigenvalue weighted by Crippen LogP contribution is -2.39. The summed E-state index contributed by atoms with van der Waals surface area (Å²) >= 11 is 6.42. The zero-order valence-corrected chi connectivity index (χ0v) is 18.8. The Balaban J connectivity index is 2.03. The van der Waals surface area contributed by atoms with Crippen LogP contribution in [0.5, 0.6) is 11.5 Å². The number of hydrogen-bond acceptors (Lipinski definition) is 5. The highest BCUT2D eigenvalue weighted by atomic mass is 35.5. The van der Waals surface area contributed by atoms with Crippen molar-refractivity contribution < 1.29 is 14.3 Å². The van der Waals surface area contributed by atoms with E-state index in [1.165, 1.54) is 0 Å². The Morgan fingerprint density at radius 2 is 1.97 bits per heavy atom. The van der Waals surface area contributed by atoms with Gasteiger partial charge in [-0.15, -0.1) is 0 Å². The summed E-state index contributed by atoms with van der Waals surface area (Å²) in [6.45, 7) is 4.37. The SMILES string of the molecule is COc1ccc(OC)c(C2CC(c3ccccc3Cl)=NN2C(=O)CN(C)C(C)C)c1. The fourth-order valence-corrected chi connectivity index (χ4v) is 3.65. The lowest BCUT2D eigenvalue weighted by atomic mass is 9.97. The molecule has 1 unspecified atom stereocenters. The first-order valence-electron chi connectivity index (χ1n) is 9.92. The lowest BCUT2D eigenvalue weighted by molar-refractivity contribution is -0.134. The van der Waals surface area contributed by atoms with Gasteiger partial charge in [0, 0.05) is 28.6 Å². The summed E-state index contributed by atoms with van der Waals surface area (Å²) in [6.07, 6.45) is 0.532. The number of rotatable bonds is 7. The summed E-state index contributed by atoms with van der Waals surface area (Å²) < 4.78 is 11.0. The van der Waals surface area contributed by atoms with Crippen LogP contribution in [0.3, 0.4) is 0 Å². The molecule has 160 valence electrons. The maximum atomic E-state index is 13.2. The van der Waals surface area contributed by atoms with Crippen molar-refractivity contribution in [3.05, 3.63) is 58.6 Å². The zero-order valence-electron chi connectivity index (χ0n) is 18.1. The molecule has 1 aliphatic rings. The average molecular weight is 430 g/mol. The molecular formula is C23H28ClN3O3. The molecule has 0 fully saturated rings. The van der Waals surface area contributed by atoms with E-state index < -0.39 is 0 Å². The van der Waals surface area contributed by atoms with Crippen LogP contribution in [0.25, 0.3) is 0 Å². The van der Waals surface area contributed by atoms with E-state index >= 15 is 0 Å². The highest BCUT2D eigenvalue weighted by molar-refractivity contribution is 6.34. The number of carbonyl (C=O) groups is 1. The molecule has 0 aliphatic carbocycles. The minimum absolute atomic E-state index is 0.0804. The van der Waals surface area contributed by atoms with Crippen molar-refractivity contribution in [1.82, 2.24) is 9.91 Å². The molecule has 0 N–H and O–H groups in total. The molecule has 0 saturated carbocycles. The van der Waals surface area contributed by atoms with Crippen LogP contribution >= 0.6 is 11.6 Å². The number of hydrazone groups is 1. The maximum Gasteiger partial charge on any atom is 0.257 e. The lowest BCUT2D eigenvalue weighted by Gasteiger charge is -2.27. The molecule has 6 nitrogen and oxygen atoms in total. The molecule has 0 spiro atoms. The molecule has 0 saturated heterocycles. The van der Waals surface area contributed by atoms with E-state index in [0.717, 1.165) is 16.8 Å². The predicted molar refractivity (Wildman–Crippen MR) is 120 cm³/mol. The number of hydrogen-bond donors (Lipinski definition) is 0. The van der Waals surface area contributed by atoms with Crippen molar-refractivity contribution in [2.24, 2.45) is 5.10 Å². The fourth-order valence-electron chi connectivity index (χ4n) is 3.41. The summed E-state index contributed by atoms with van der Waals surface area (Å²) in [5.74, 6) is 1.30. The standard InChI is InChI=1S/C23H28ClN3O3/c1-15(2)26(3)14-23(28)27-21(18-12-16(29-4)10-11-22(18)30-5)13-20(25-27)17-8-6-7-9-19(17)24/h6-12,15,21H,13-14H2,1-5H3. The summed E-state index contributed by atoms with van der Waals surface area (Å²) in [5.41, 5.74) is 2.46. The summed E-state index contributed by atoms with van der Waals surface area (Å²) in [7, 11) is 5.17. The largest absolute Gasteiger partial charge is 0.497 e. The summed E-state index contributed by atoms with van der Waals surface area (Å²) in [6, 6.07) is 13.1. The molecule has 3 rings (SSSR count). The third-order valence-corrected chi connectivity index (χ3v) is 5.74. The first-order chi connectivity index (χ1) is 14.3. The monoisotopic (exact) mass is 429 g/mol. The molecule has 0 bridgehead atoms. The zero-order chi connectivity index (χ0) is 21.8. The fraction of sp³-hybridized carbons (Fsp3) is 0.391.